The van der Waals surface area contributed by atoms with Gasteiger partial charge in [-0.1, -0.05) is 44.2 Å². The van der Waals surface area contributed by atoms with E-state index >= 15 is 0 Å². The van der Waals surface area contributed by atoms with Gasteiger partial charge in [-0.3, -0.25) is 0 Å². The molecule has 1 aromatic carbocycles. The second kappa shape index (κ2) is 5.85. The van der Waals surface area contributed by atoms with Crippen LogP contribution in [-0.4, -0.2) is 26.3 Å². The van der Waals surface area contributed by atoms with Crippen molar-refractivity contribution in [2.24, 2.45) is 5.92 Å². The summed E-state index contributed by atoms with van der Waals surface area (Å²) in [7, 11) is 2.09. The lowest BCUT2D eigenvalue weighted by Gasteiger charge is -2.41. The zero-order chi connectivity index (χ0) is 13.0. The van der Waals surface area contributed by atoms with E-state index in [1.165, 1.54) is 18.4 Å². The monoisotopic (exact) mass is 247 g/mol. The fourth-order valence-electron chi connectivity index (χ4n) is 3.28. The molecule has 100 valence electrons. The van der Waals surface area contributed by atoms with Crippen LogP contribution in [0.3, 0.4) is 0 Å². The summed E-state index contributed by atoms with van der Waals surface area (Å²) >= 11 is 0. The van der Waals surface area contributed by atoms with E-state index in [9.17, 15) is 0 Å². The van der Waals surface area contributed by atoms with Crippen molar-refractivity contribution in [2.45, 2.75) is 38.1 Å². The molecule has 1 saturated heterocycles. The standard InChI is InChI=1S/C16H25NO/c1-16(2,14-7-5-4-6-8-14)15(17-3)13-9-11-18-12-10-13/h4-8,13,15,17H,9-12H2,1-3H3. The predicted molar refractivity (Wildman–Crippen MR) is 75.9 cm³/mol. The average Bonchev–Trinajstić information content (AvgIpc) is 2.41. The van der Waals surface area contributed by atoms with Gasteiger partial charge in [0.05, 0.1) is 0 Å². The third kappa shape index (κ3) is 2.76. The smallest absolute Gasteiger partial charge is 0.0469 e. The molecule has 2 heteroatoms. The van der Waals surface area contributed by atoms with Crippen LogP contribution in [0.2, 0.25) is 0 Å². The molecule has 1 fully saturated rings. The Hall–Kier alpha value is -0.860. The van der Waals surface area contributed by atoms with Crippen molar-refractivity contribution in [3.8, 4) is 0 Å². The Morgan fingerprint density at radius 3 is 2.33 bits per heavy atom. The minimum atomic E-state index is 0.151. The number of likely N-dealkylation sites (N-methyl/N-ethyl adjacent to an activating group) is 1. The van der Waals surface area contributed by atoms with E-state index in [1.54, 1.807) is 0 Å². The Kier molecular flexibility index (Phi) is 4.41. The third-order valence-electron chi connectivity index (χ3n) is 4.34. The molecular formula is C16H25NO. The molecule has 1 aromatic rings. The van der Waals surface area contributed by atoms with Gasteiger partial charge in [0.1, 0.15) is 0 Å². The molecule has 0 amide bonds. The first-order valence-electron chi connectivity index (χ1n) is 6.97. The minimum absolute atomic E-state index is 0.151. The summed E-state index contributed by atoms with van der Waals surface area (Å²) < 4.78 is 5.48. The highest BCUT2D eigenvalue weighted by molar-refractivity contribution is 5.26. The van der Waals surface area contributed by atoms with Gasteiger partial charge >= 0.3 is 0 Å². The number of hydrogen-bond donors (Lipinski definition) is 1. The van der Waals surface area contributed by atoms with Crippen molar-refractivity contribution >= 4 is 0 Å². The molecule has 0 aliphatic carbocycles. The maximum Gasteiger partial charge on any atom is 0.0469 e. The van der Waals surface area contributed by atoms with Crippen LogP contribution < -0.4 is 5.32 Å². The van der Waals surface area contributed by atoms with Gasteiger partial charge in [0.25, 0.3) is 0 Å². The number of benzene rings is 1. The number of ether oxygens (including phenoxy) is 1. The molecule has 2 nitrogen and oxygen atoms in total. The Morgan fingerprint density at radius 2 is 1.78 bits per heavy atom. The first-order valence-corrected chi connectivity index (χ1v) is 6.97. The van der Waals surface area contributed by atoms with Crippen LogP contribution >= 0.6 is 0 Å². The maximum atomic E-state index is 5.48. The summed E-state index contributed by atoms with van der Waals surface area (Å²) in [6, 6.07) is 11.3. The van der Waals surface area contributed by atoms with Crippen LogP contribution in [0.1, 0.15) is 32.3 Å². The highest BCUT2D eigenvalue weighted by Gasteiger charge is 2.36. The summed E-state index contributed by atoms with van der Waals surface area (Å²) in [4.78, 5) is 0. The van der Waals surface area contributed by atoms with Gasteiger partial charge < -0.3 is 10.1 Å². The lowest BCUT2D eigenvalue weighted by Crippen LogP contribution is -2.49. The summed E-state index contributed by atoms with van der Waals surface area (Å²) in [5, 5.41) is 3.55. The van der Waals surface area contributed by atoms with E-state index in [4.69, 9.17) is 4.74 Å². The summed E-state index contributed by atoms with van der Waals surface area (Å²) in [5.74, 6) is 0.707. The molecule has 1 heterocycles. The summed E-state index contributed by atoms with van der Waals surface area (Å²) in [5.41, 5.74) is 1.56. The highest BCUT2D eigenvalue weighted by Crippen LogP contribution is 2.34. The van der Waals surface area contributed by atoms with E-state index in [-0.39, 0.29) is 5.41 Å². The predicted octanol–water partition coefficient (Wildman–Crippen LogP) is 2.98. The van der Waals surface area contributed by atoms with Crippen molar-refractivity contribution < 1.29 is 4.74 Å². The molecule has 2 rings (SSSR count). The molecule has 1 aliphatic rings. The zero-order valence-corrected chi connectivity index (χ0v) is 11.8. The van der Waals surface area contributed by atoms with Crippen LogP contribution in [0.5, 0.6) is 0 Å². The first-order chi connectivity index (χ1) is 8.66. The van der Waals surface area contributed by atoms with E-state index in [0.29, 0.717) is 12.0 Å². The van der Waals surface area contributed by atoms with Gasteiger partial charge in [0.2, 0.25) is 0 Å². The Morgan fingerprint density at radius 1 is 1.17 bits per heavy atom. The van der Waals surface area contributed by atoms with Gasteiger partial charge in [-0.2, -0.15) is 0 Å². The van der Waals surface area contributed by atoms with Gasteiger partial charge in [-0.15, -0.1) is 0 Å². The van der Waals surface area contributed by atoms with Crippen LogP contribution in [0.4, 0.5) is 0 Å². The second-order valence-corrected chi connectivity index (χ2v) is 5.80. The van der Waals surface area contributed by atoms with Crippen molar-refractivity contribution in [3.05, 3.63) is 35.9 Å². The normalized spacial score (nSPS) is 19.7. The number of nitrogens with one attached hydrogen (secondary N) is 1. The molecule has 1 aliphatic heterocycles. The lowest BCUT2D eigenvalue weighted by atomic mass is 9.70. The van der Waals surface area contributed by atoms with Gasteiger partial charge in [-0.05, 0) is 31.4 Å². The average molecular weight is 247 g/mol. The fraction of sp³-hybridized carbons (Fsp3) is 0.625. The van der Waals surface area contributed by atoms with Crippen LogP contribution in [0, 0.1) is 5.92 Å². The molecule has 1 N–H and O–H groups in total. The molecule has 0 bridgehead atoms. The van der Waals surface area contributed by atoms with Crippen molar-refractivity contribution in [1.29, 1.82) is 0 Å². The summed E-state index contributed by atoms with van der Waals surface area (Å²) in [6.07, 6.45) is 2.34. The zero-order valence-electron chi connectivity index (χ0n) is 11.8. The maximum absolute atomic E-state index is 5.48. The second-order valence-electron chi connectivity index (χ2n) is 5.80. The topological polar surface area (TPSA) is 21.3 Å². The number of hydrogen-bond acceptors (Lipinski definition) is 2. The molecule has 1 atom stereocenters. The van der Waals surface area contributed by atoms with Gasteiger partial charge in [0, 0.05) is 24.7 Å². The SMILES string of the molecule is CNC(C1CCOCC1)C(C)(C)c1ccccc1. The quantitative estimate of drug-likeness (QED) is 0.883. The fourth-order valence-corrected chi connectivity index (χ4v) is 3.28. The molecule has 1 unspecified atom stereocenters. The summed E-state index contributed by atoms with van der Waals surface area (Å²) in [6.45, 7) is 6.51. The molecule has 0 radical (unpaired) electrons. The molecule has 0 spiro atoms. The van der Waals surface area contributed by atoms with Crippen molar-refractivity contribution in [3.63, 3.8) is 0 Å². The molecule has 18 heavy (non-hydrogen) atoms. The number of rotatable bonds is 4. The molecule has 0 saturated carbocycles. The van der Waals surface area contributed by atoms with Gasteiger partial charge in [0.15, 0.2) is 0 Å². The van der Waals surface area contributed by atoms with Crippen LogP contribution in [0.25, 0.3) is 0 Å². The van der Waals surface area contributed by atoms with E-state index in [2.05, 4.69) is 56.5 Å². The first kappa shape index (κ1) is 13.6. The Bertz CT molecular complexity index is 355. The Labute approximate surface area is 111 Å². The molecular weight excluding hydrogens is 222 g/mol. The van der Waals surface area contributed by atoms with Crippen molar-refractivity contribution in [1.82, 2.24) is 5.32 Å². The largest absolute Gasteiger partial charge is 0.381 e. The lowest BCUT2D eigenvalue weighted by molar-refractivity contribution is 0.0443. The highest BCUT2D eigenvalue weighted by atomic mass is 16.5. The molecule has 0 aromatic heterocycles. The Balaban J connectivity index is 2.19. The minimum Gasteiger partial charge on any atom is -0.381 e. The van der Waals surface area contributed by atoms with E-state index in [1.807, 2.05) is 0 Å². The van der Waals surface area contributed by atoms with E-state index < -0.39 is 0 Å². The van der Waals surface area contributed by atoms with E-state index in [0.717, 1.165) is 13.2 Å². The van der Waals surface area contributed by atoms with Crippen molar-refractivity contribution in [2.75, 3.05) is 20.3 Å². The van der Waals surface area contributed by atoms with Crippen LogP contribution in [0.15, 0.2) is 30.3 Å². The third-order valence-corrected chi connectivity index (χ3v) is 4.34. The van der Waals surface area contributed by atoms with Crippen LogP contribution in [-0.2, 0) is 10.2 Å². The van der Waals surface area contributed by atoms with Gasteiger partial charge in [-0.25, -0.2) is 0 Å².